The van der Waals surface area contributed by atoms with Crippen LogP contribution >= 0.6 is 0 Å². The van der Waals surface area contributed by atoms with Crippen LogP contribution in [0.25, 0.3) is 10.8 Å². The van der Waals surface area contributed by atoms with Crippen molar-refractivity contribution in [3.63, 3.8) is 0 Å². The number of amides is 1. The Morgan fingerprint density at radius 3 is 2.32 bits per heavy atom. The molecule has 0 saturated carbocycles. The highest BCUT2D eigenvalue weighted by atomic mass is 32.2. The van der Waals surface area contributed by atoms with Gasteiger partial charge in [0.05, 0.1) is 4.90 Å². The summed E-state index contributed by atoms with van der Waals surface area (Å²) in [7, 11) is -3.53. The Morgan fingerprint density at radius 2 is 1.68 bits per heavy atom. The van der Waals surface area contributed by atoms with E-state index in [9.17, 15) is 13.2 Å². The third-order valence-electron chi connectivity index (χ3n) is 4.94. The number of rotatable bonds is 4. The van der Waals surface area contributed by atoms with Crippen molar-refractivity contribution in [2.45, 2.75) is 25.2 Å². The van der Waals surface area contributed by atoms with E-state index in [2.05, 4.69) is 0 Å². The molecule has 1 amide bonds. The van der Waals surface area contributed by atoms with Crippen LogP contribution in [-0.4, -0.2) is 49.7 Å². The maximum Gasteiger partial charge on any atom is 0.243 e. The number of carbonyl (C=O) groups is 1. The molecular formula is C19H24N2O3S. The molecule has 1 saturated heterocycles. The van der Waals surface area contributed by atoms with Gasteiger partial charge in [-0.2, -0.15) is 4.31 Å². The topological polar surface area (TPSA) is 57.7 Å². The van der Waals surface area contributed by atoms with Crippen LogP contribution in [0.3, 0.4) is 0 Å². The van der Waals surface area contributed by atoms with E-state index < -0.39 is 10.0 Å². The second-order valence-corrected chi connectivity index (χ2v) is 8.49. The van der Waals surface area contributed by atoms with E-state index in [1.54, 1.807) is 17.0 Å². The van der Waals surface area contributed by atoms with Crippen molar-refractivity contribution in [2.24, 2.45) is 5.92 Å². The summed E-state index contributed by atoms with van der Waals surface area (Å²) >= 11 is 0. The van der Waals surface area contributed by atoms with Crippen molar-refractivity contribution in [1.82, 2.24) is 9.21 Å². The molecule has 1 fully saturated rings. The minimum Gasteiger partial charge on any atom is -0.340 e. The van der Waals surface area contributed by atoms with Crippen LogP contribution in [-0.2, 0) is 14.8 Å². The highest BCUT2D eigenvalue weighted by Gasteiger charge is 2.31. The molecule has 6 heteroatoms. The van der Waals surface area contributed by atoms with Crippen LogP contribution < -0.4 is 0 Å². The molecule has 0 aliphatic carbocycles. The summed E-state index contributed by atoms with van der Waals surface area (Å²) < 4.78 is 27.3. The lowest BCUT2D eigenvalue weighted by Crippen LogP contribution is -2.51. The summed E-state index contributed by atoms with van der Waals surface area (Å²) in [6.07, 6.45) is 0.800. The standard InChI is InChI=1S/C19H24N2O3S/c1-3-15(2)19(22)20-10-12-21(13-11-20)25(23,24)18-9-8-16-6-4-5-7-17(16)14-18/h4-9,14-15H,3,10-13H2,1-2H3/t15-/m0/s1. The molecule has 0 bridgehead atoms. The van der Waals surface area contributed by atoms with E-state index in [4.69, 9.17) is 0 Å². The van der Waals surface area contributed by atoms with Crippen molar-refractivity contribution in [3.05, 3.63) is 42.5 Å². The second kappa shape index (κ2) is 7.14. The fourth-order valence-electron chi connectivity index (χ4n) is 3.11. The van der Waals surface area contributed by atoms with Crippen LogP contribution in [0.1, 0.15) is 20.3 Å². The minimum atomic E-state index is -3.53. The predicted molar refractivity (Wildman–Crippen MR) is 98.7 cm³/mol. The zero-order valence-corrected chi connectivity index (χ0v) is 15.5. The number of sulfonamides is 1. The van der Waals surface area contributed by atoms with Crippen LogP contribution in [0.15, 0.2) is 47.4 Å². The molecule has 25 heavy (non-hydrogen) atoms. The van der Waals surface area contributed by atoms with Crippen LogP contribution in [0.4, 0.5) is 0 Å². The lowest BCUT2D eigenvalue weighted by Gasteiger charge is -2.35. The molecular weight excluding hydrogens is 336 g/mol. The van der Waals surface area contributed by atoms with Gasteiger partial charge in [0.1, 0.15) is 0 Å². The van der Waals surface area contributed by atoms with Gasteiger partial charge in [0.15, 0.2) is 0 Å². The highest BCUT2D eigenvalue weighted by molar-refractivity contribution is 7.89. The number of hydrogen-bond donors (Lipinski definition) is 0. The van der Waals surface area contributed by atoms with Crippen molar-refractivity contribution < 1.29 is 13.2 Å². The fraction of sp³-hybridized carbons (Fsp3) is 0.421. The largest absolute Gasteiger partial charge is 0.340 e. The van der Waals surface area contributed by atoms with E-state index in [1.165, 1.54) is 4.31 Å². The Morgan fingerprint density at radius 1 is 1.04 bits per heavy atom. The van der Waals surface area contributed by atoms with E-state index in [1.807, 2.05) is 44.2 Å². The molecule has 1 aliphatic rings. The molecule has 0 N–H and O–H groups in total. The van der Waals surface area contributed by atoms with Gasteiger partial charge in [-0.15, -0.1) is 0 Å². The van der Waals surface area contributed by atoms with E-state index in [0.29, 0.717) is 31.1 Å². The molecule has 134 valence electrons. The van der Waals surface area contributed by atoms with Gasteiger partial charge in [0.2, 0.25) is 15.9 Å². The van der Waals surface area contributed by atoms with Crippen LogP contribution in [0.2, 0.25) is 0 Å². The number of hydrogen-bond acceptors (Lipinski definition) is 3. The normalized spacial score (nSPS) is 17.6. The molecule has 0 radical (unpaired) electrons. The van der Waals surface area contributed by atoms with E-state index in [0.717, 1.165) is 17.2 Å². The Labute approximate surface area is 149 Å². The minimum absolute atomic E-state index is 0.0105. The first kappa shape index (κ1) is 17.9. The van der Waals surface area contributed by atoms with E-state index >= 15 is 0 Å². The second-order valence-electron chi connectivity index (χ2n) is 6.55. The number of nitrogens with zero attached hydrogens (tertiary/aromatic N) is 2. The third kappa shape index (κ3) is 3.55. The maximum absolute atomic E-state index is 12.9. The van der Waals surface area contributed by atoms with Gasteiger partial charge in [0, 0.05) is 32.1 Å². The quantitative estimate of drug-likeness (QED) is 0.842. The first-order valence-corrected chi connectivity index (χ1v) is 10.1. The molecule has 1 aliphatic heterocycles. The number of benzene rings is 2. The first-order chi connectivity index (χ1) is 11.9. The smallest absolute Gasteiger partial charge is 0.243 e. The summed E-state index contributed by atoms with van der Waals surface area (Å²) in [6.45, 7) is 5.50. The summed E-state index contributed by atoms with van der Waals surface area (Å²) in [4.78, 5) is 14.4. The highest BCUT2D eigenvalue weighted by Crippen LogP contribution is 2.23. The monoisotopic (exact) mass is 360 g/mol. The molecule has 0 unspecified atom stereocenters. The Balaban J connectivity index is 1.76. The van der Waals surface area contributed by atoms with Crippen molar-refractivity contribution in [3.8, 4) is 0 Å². The molecule has 3 rings (SSSR count). The maximum atomic E-state index is 12.9. The van der Waals surface area contributed by atoms with Crippen molar-refractivity contribution in [2.75, 3.05) is 26.2 Å². The summed E-state index contributed by atoms with van der Waals surface area (Å²) in [5.41, 5.74) is 0. The summed E-state index contributed by atoms with van der Waals surface area (Å²) in [6, 6.07) is 12.9. The average molecular weight is 360 g/mol. The Bertz CT molecular complexity index is 871. The summed E-state index contributed by atoms with van der Waals surface area (Å²) in [5, 5.41) is 1.93. The predicted octanol–water partition coefficient (Wildman–Crippen LogP) is 2.72. The molecule has 0 spiro atoms. The average Bonchev–Trinajstić information content (AvgIpc) is 2.66. The number of fused-ring (bicyclic) bond motifs is 1. The zero-order chi connectivity index (χ0) is 18.0. The molecule has 5 nitrogen and oxygen atoms in total. The van der Waals surface area contributed by atoms with Crippen molar-refractivity contribution >= 4 is 26.7 Å². The number of carbonyl (C=O) groups excluding carboxylic acids is 1. The first-order valence-electron chi connectivity index (χ1n) is 8.71. The van der Waals surface area contributed by atoms with Crippen LogP contribution in [0, 0.1) is 5.92 Å². The molecule has 1 atom stereocenters. The lowest BCUT2D eigenvalue weighted by atomic mass is 10.1. The lowest BCUT2D eigenvalue weighted by molar-refractivity contribution is -0.136. The van der Waals surface area contributed by atoms with Gasteiger partial charge >= 0.3 is 0 Å². The van der Waals surface area contributed by atoms with Gasteiger partial charge in [-0.05, 0) is 29.3 Å². The van der Waals surface area contributed by atoms with Gasteiger partial charge in [-0.1, -0.05) is 44.2 Å². The number of piperazine rings is 1. The molecule has 2 aromatic rings. The van der Waals surface area contributed by atoms with E-state index in [-0.39, 0.29) is 11.8 Å². The zero-order valence-electron chi connectivity index (χ0n) is 14.7. The fourth-order valence-corrected chi connectivity index (χ4v) is 4.57. The Kier molecular flexibility index (Phi) is 5.11. The van der Waals surface area contributed by atoms with Gasteiger partial charge in [-0.3, -0.25) is 4.79 Å². The molecule has 2 aromatic carbocycles. The van der Waals surface area contributed by atoms with Gasteiger partial charge < -0.3 is 4.90 Å². The Hall–Kier alpha value is -1.92. The van der Waals surface area contributed by atoms with Crippen molar-refractivity contribution in [1.29, 1.82) is 0 Å². The van der Waals surface area contributed by atoms with Gasteiger partial charge in [0.25, 0.3) is 0 Å². The third-order valence-corrected chi connectivity index (χ3v) is 6.84. The van der Waals surface area contributed by atoms with Crippen LogP contribution in [0.5, 0.6) is 0 Å². The van der Waals surface area contributed by atoms with Gasteiger partial charge in [-0.25, -0.2) is 8.42 Å². The SMILES string of the molecule is CC[C@H](C)C(=O)N1CCN(S(=O)(=O)c2ccc3ccccc3c2)CC1. The molecule has 1 heterocycles. The molecule has 0 aromatic heterocycles. The summed E-state index contributed by atoms with van der Waals surface area (Å²) in [5.74, 6) is 0.105.